The summed E-state index contributed by atoms with van der Waals surface area (Å²) in [5, 5.41) is -0.436. The van der Waals surface area contributed by atoms with E-state index in [0.29, 0.717) is 41.8 Å². The summed E-state index contributed by atoms with van der Waals surface area (Å²) in [6.45, 7) is 15.3. The van der Waals surface area contributed by atoms with Crippen LogP contribution in [0.5, 0.6) is 23.0 Å². The van der Waals surface area contributed by atoms with Crippen LogP contribution in [0.15, 0.2) is 350 Å². The van der Waals surface area contributed by atoms with E-state index in [4.69, 9.17) is 61.0 Å². The fourth-order valence-electron chi connectivity index (χ4n) is 24.3. The molecule has 0 radical (unpaired) electrons. The van der Waals surface area contributed by atoms with Crippen LogP contribution in [-0.4, -0.2) is 143 Å². The lowest BCUT2D eigenvalue weighted by Gasteiger charge is -2.41. The molecule has 756 valence electrons. The van der Waals surface area contributed by atoms with E-state index in [1.54, 1.807) is 0 Å². The standard InChI is InChI=1S/C32H33O5S.C30H29O5S.C29H29O6S2.C29H27O6S/c1-20-13-27(38(25-9-5-3-6-10-25)26-11-7-4-8-12-26)14-21(2)30(20)35-19-29(33)37-31-23-15-22-16-24(18-23)32(34)36-28(31)17-22;1-18-13-23(36(21-9-5-3-6-10-21)22-11-7-4-8-12-22)14-19(2)27(18)33-17-26(31)34-28-20-15-24-25(16-20)30(32)35-29(24)28;1-18-13-23(36(21-9-5-3-6-10-21)22-11-7-4-8-12-22)14-19(2)27(18)33-17-26(30)34-28-20-15-24-25(16-20)37(31,32)35-29(24)28;1-17-13-21(36(19-9-5-3-6-10-19)20-11-7-4-8-12-20)14-18(2)25(17)32-16-24(30)34-27-23-15-22-26(33-23)28(27)35-29(22)31/h3-14,22-24,28,31H,15-19H2,1-2H3;3-14,20,24-25,28-29H,15-17H2,1-2H3;3-14,20,24-25,28-29H,15-17H2,1-2H3;3-14,22-23,26-28H,15-16H2,1-2H3/q4*+1. The van der Waals surface area contributed by atoms with Gasteiger partial charge in [0.25, 0.3) is 10.1 Å². The third kappa shape index (κ3) is 21.1. The van der Waals surface area contributed by atoms with Gasteiger partial charge in [-0.25, -0.2) is 19.2 Å². The van der Waals surface area contributed by atoms with Crippen LogP contribution in [0.1, 0.15) is 102 Å². The minimum absolute atomic E-state index is 0.00586. The molecule has 0 amide bonds. The maximum atomic E-state index is 12.9. The Balaban J connectivity index is 0.000000115. The molecule has 6 saturated carbocycles. The number of aryl methyl sites for hydroxylation is 8. The van der Waals surface area contributed by atoms with Crippen molar-refractivity contribution in [3.63, 3.8) is 0 Å². The van der Waals surface area contributed by atoms with Crippen LogP contribution in [0, 0.1) is 109 Å². The van der Waals surface area contributed by atoms with Crippen molar-refractivity contribution in [2.75, 3.05) is 26.4 Å². The van der Waals surface area contributed by atoms with E-state index in [1.807, 2.05) is 104 Å². The second-order valence-electron chi connectivity index (χ2n) is 40.3. The van der Waals surface area contributed by atoms with Crippen molar-refractivity contribution in [2.24, 2.45) is 53.3 Å². The fourth-order valence-corrected chi connectivity index (χ4v) is 35.2. The van der Waals surface area contributed by atoms with Crippen LogP contribution in [0.3, 0.4) is 0 Å². The van der Waals surface area contributed by atoms with Gasteiger partial charge in [-0.2, -0.15) is 8.42 Å². The molecule has 12 aromatic rings. The number of carbonyl (C=O) groups is 7. The largest absolute Gasteiger partial charge is 0.481 e. The number of hydrogen-bond donors (Lipinski definition) is 0. The molecule has 0 N–H and O–H groups in total. The number of carbonyl (C=O) groups excluding carboxylic acids is 7. The zero-order chi connectivity index (χ0) is 102. The maximum absolute atomic E-state index is 12.9. The normalized spacial score (nSPS) is 26.0. The quantitative estimate of drug-likeness (QED) is 0.0191. The van der Waals surface area contributed by atoms with Crippen LogP contribution in [0.25, 0.3) is 0 Å². The molecule has 25 rings (SSSR count). The molecule has 20 atom stereocenters. The molecular formula is C120H118O22S5+4. The molecule has 13 fully saturated rings. The highest BCUT2D eigenvalue weighted by atomic mass is 32.2. The zero-order valence-corrected chi connectivity index (χ0v) is 87.1. The average Bonchev–Trinajstić information content (AvgIpc) is 1.55. The van der Waals surface area contributed by atoms with E-state index in [0.717, 1.165) is 89.5 Å². The SMILES string of the molecule is Cc1cc([S+](c2ccccc2)c2ccccc2)cc(C)c1OCC(=O)OC1C2CC3C(=O)OC1C3C2.Cc1cc([S+](c2ccccc2)c2ccccc2)cc(C)c1OCC(=O)OC1C2CC3C(=O)OC1C3O2.Cc1cc([S+](c2ccccc2)c2ccccc2)cc(C)c1OCC(=O)OC1C2CC3C1OS(=O)(=O)C3C2.Cc1cc([S+](c2ccccc2)c2ccccc2)cc(C)c1OCC(=O)OC1C2CC3CC(C2)C(=O)OC1C3. The summed E-state index contributed by atoms with van der Waals surface area (Å²) < 4.78 is 98.9. The summed E-state index contributed by atoms with van der Waals surface area (Å²) in [7, 11) is -4.60. The minimum atomic E-state index is -3.54. The highest BCUT2D eigenvalue weighted by Gasteiger charge is 2.68. The number of hydrogen-bond acceptors (Lipinski definition) is 22. The molecule has 147 heavy (non-hydrogen) atoms. The van der Waals surface area contributed by atoms with E-state index >= 15 is 0 Å². The Morgan fingerprint density at radius 2 is 0.592 bits per heavy atom. The third-order valence-electron chi connectivity index (χ3n) is 30.4. The second-order valence-corrected chi connectivity index (χ2v) is 50.2. The molecule has 7 heterocycles. The lowest BCUT2D eigenvalue weighted by atomic mass is 9.67. The molecule has 7 aliphatic heterocycles. The lowest BCUT2D eigenvalue weighted by molar-refractivity contribution is -0.174. The Kier molecular flexibility index (Phi) is 29.6. The van der Waals surface area contributed by atoms with E-state index in [2.05, 4.69) is 243 Å². The first-order valence-electron chi connectivity index (χ1n) is 50.6. The number of benzene rings is 12. The van der Waals surface area contributed by atoms with Crippen molar-refractivity contribution in [2.45, 2.75) is 238 Å². The van der Waals surface area contributed by atoms with Gasteiger partial charge in [-0.05, 0) is 261 Å². The van der Waals surface area contributed by atoms with Gasteiger partial charge in [0.2, 0.25) is 0 Å². The lowest BCUT2D eigenvalue weighted by Crippen LogP contribution is -2.45. The Bertz CT molecular complexity index is 6540. The van der Waals surface area contributed by atoms with Crippen LogP contribution in [0.2, 0.25) is 0 Å². The van der Waals surface area contributed by atoms with Gasteiger partial charge in [0.1, 0.15) is 65.7 Å². The molecule has 22 nitrogen and oxygen atoms in total. The second kappa shape index (κ2) is 43.3. The van der Waals surface area contributed by atoms with Gasteiger partial charge in [-0.15, -0.1) is 0 Å². The van der Waals surface area contributed by atoms with Crippen molar-refractivity contribution in [3.05, 3.63) is 336 Å². The van der Waals surface area contributed by atoms with E-state index in [1.165, 1.54) is 58.7 Å². The summed E-state index contributed by atoms with van der Waals surface area (Å²) in [4.78, 5) is 102. The smallest absolute Gasteiger partial charge is 0.344 e. The Morgan fingerprint density at radius 3 is 0.952 bits per heavy atom. The summed E-state index contributed by atoms with van der Waals surface area (Å²) in [5.41, 5.74) is 7.73. The van der Waals surface area contributed by atoms with Crippen molar-refractivity contribution in [1.29, 1.82) is 0 Å². The highest BCUT2D eigenvalue weighted by Crippen LogP contribution is 2.58. The number of esters is 7. The fraction of sp³-hybridized carbons (Fsp3) is 0.342. The van der Waals surface area contributed by atoms with Crippen molar-refractivity contribution in [3.8, 4) is 23.0 Å². The number of ether oxygens (including phenoxy) is 12. The third-order valence-corrected chi connectivity index (χ3v) is 40.9. The molecule has 6 aliphatic carbocycles. The van der Waals surface area contributed by atoms with E-state index in [-0.39, 0.29) is 172 Å². The molecular weight excluding hydrogens is 1950 g/mol. The predicted molar refractivity (Wildman–Crippen MR) is 554 cm³/mol. The van der Waals surface area contributed by atoms with Crippen molar-refractivity contribution >= 4 is 95.5 Å². The number of rotatable bonds is 28. The van der Waals surface area contributed by atoms with E-state index in [9.17, 15) is 42.0 Å². The summed E-state index contributed by atoms with van der Waals surface area (Å²) in [5.74, 6) is 1.31. The average molecular weight is 2070 g/mol. The summed E-state index contributed by atoms with van der Waals surface area (Å²) in [6.07, 6.45) is 2.95. The highest BCUT2D eigenvalue weighted by molar-refractivity contribution is 7.98. The number of fused-ring (bicyclic) bond motifs is 4. The topological polar surface area (TPSA) is 274 Å². The molecule has 0 spiro atoms. The summed E-state index contributed by atoms with van der Waals surface area (Å²) >= 11 is 0. The molecule has 13 aliphatic rings. The first-order valence-corrected chi connectivity index (χ1v) is 56.9. The zero-order valence-electron chi connectivity index (χ0n) is 83.0. The maximum Gasteiger partial charge on any atom is 0.344 e. The van der Waals surface area contributed by atoms with Crippen LogP contribution in [-0.2, 0) is 129 Å². The Labute approximate surface area is 868 Å². The molecule has 20 unspecified atom stereocenters. The monoisotopic (exact) mass is 2070 g/mol. The minimum Gasteiger partial charge on any atom is -0.481 e. The van der Waals surface area contributed by atoms with E-state index < -0.39 is 63.7 Å². The van der Waals surface area contributed by atoms with Gasteiger partial charge in [0.15, 0.2) is 97.4 Å². The van der Waals surface area contributed by atoms with Gasteiger partial charge >= 0.3 is 41.8 Å². The molecule has 0 aromatic heterocycles. The van der Waals surface area contributed by atoms with Crippen molar-refractivity contribution in [1.82, 2.24) is 0 Å². The van der Waals surface area contributed by atoms with Gasteiger partial charge in [0, 0.05) is 78.1 Å². The molecule has 12 aromatic carbocycles. The summed E-state index contributed by atoms with van der Waals surface area (Å²) in [6, 6.07) is 101. The Hall–Kier alpha value is -12.6. The predicted octanol–water partition coefficient (Wildman–Crippen LogP) is 20.6. The van der Waals surface area contributed by atoms with Crippen LogP contribution < -0.4 is 18.9 Å². The van der Waals surface area contributed by atoms with Crippen molar-refractivity contribution < 1.29 is 103 Å². The molecule has 7 saturated heterocycles. The Morgan fingerprint density at radius 1 is 0.286 bits per heavy atom. The first-order chi connectivity index (χ1) is 71.3. The van der Waals surface area contributed by atoms with Gasteiger partial charge in [-0.3, -0.25) is 18.6 Å². The van der Waals surface area contributed by atoms with Crippen LogP contribution >= 0.6 is 0 Å². The molecule has 10 bridgehead atoms. The van der Waals surface area contributed by atoms with Gasteiger partial charge in [0.05, 0.1) is 72.7 Å². The first kappa shape index (κ1) is 100. The molecule has 27 heteroatoms. The van der Waals surface area contributed by atoms with Gasteiger partial charge < -0.3 is 56.8 Å². The van der Waals surface area contributed by atoms with Crippen LogP contribution in [0.4, 0.5) is 0 Å². The van der Waals surface area contributed by atoms with Gasteiger partial charge in [-0.1, -0.05) is 146 Å².